The number of rotatable bonds is 3. The van der Waals surface area contributed by atoms with Crippen molar-refractivity contribution in [2.45, 2.75) is 13.8 Å². The van der Waals surface area contributed by atoms with Gasteiger partial charge in [-0.05, 0) is 55.3 Å². The van der Waals surface area contributed by atoms with Crippen LogP contribution in [0.3, 0.4) is 0 Å². The Balaban J connectivity index is 1.70. The topological polar surface area (TPSA) is 61.0 Å². The summed E-state index contributed by atoms with van der Waals surface area (Å²) in [5, 5.41) is 8.87. The smallest absolute Gasteiger partial charge is 0.230 e. The van der Waals surface area contributed by atoms with E-state index >= 15 is 0 Å². The number of furan rings is 1. The van der Waals surface area contributed by atoms with Crippen LogP contribution in [0.4, 0.5) is 0 Å². The van der Waals surface area contributed by atoms with Gasteiger partial charge in [-0.25, -0.2) is 4.98 Å². The number of aryl methyl sites for hydroxylation is 2. The van der Waals surface area contributed by atoms with Crippen LogP contribution >= 0.6 is 0 Å². The van der Waals surface area contributed by atoms with Crippen LogP contribution in [0.2, 0.25) is 0 Å². The summed E-state index contributed by atoms with van der Waals surface area (Å²) in [6, 6.07) is 11.6. The maximum Gasteiger partial charge on any atom is 0.230 e. The number of fused-ring (bicyclic) bond motifs is 1. The number of nitrogens with zero attached hydrogens (tertiary/aromatic N) is 3. The van der Waals surface area contributed by atoms with Crippen molar-refractivity contribution in [2.24, 2.45) is 0 Å². The molecule has 24 heavy (non-hydrogen) atoms. The SMILES string of the molecule is Cc1cc(Oc2nccc3occc23)ccc1-c1ccnnc1C. The van der Waals surface area contributed by atoms with Gasteiger partial charge in [-0.15, -0.1) is 0 Å². The molecular formula is C19H15N3O2. The number of pyridine rings is 1. The summed E-state index contributed by atoms with van der Waals surface area (Å²) in [7, 11) is 0. The van der Waals surface area contributed by atoms with E-state index in [0.29, 0.717) is 5.88 Å². The van der Waals surface area contributed by atoms with Crippen molar-refractivity contribution in [3.63, 3.8) is 0 Å². The summed E-state index contributed by atoms with van der Waals surface area (Å²) in [4.78, 5) is 4.30. The van der Waals surface area contributed by atoms with Crippen molar-refractivity contribution in [3.05, 3.63) is 66.3 Å². The third-order valence-corrected chi connectivity index (χ3v) is 3.95. The van der Waals surface area contributed by atoms with E-state index in [-0.39, 0.29) is 0 Å². The predicted molar refractivity (Wildman–Crippen MR) is 91.0 cm³/mol. The highest BCUT2D eigenvalue weighted by Crippen LogP contribution is 2.32. The van der Waals surface area contributed by atoms with Gasteiger partial charge < -0.3 is 9.15 Å². The first-order chi connectivity index (χ1) is 11.7. The molecule has 3 heterocycles. The monoisotopic (exact) mass is 317 g/mol. The van der Waals surface area contributed by atoms with Gasteiger partial charge >= 0.3 is 0 Å². The largest absolute Gasteiger partial charge is 0.464 e. The van der Waals surface area contributed by atoms with E-state index in [1.165, 1.54) is 0 Å². The lowest BCUT2D eigenvalue weighted by molar-refractivity contribution is 0.468. The van der Waals surface area contributed by atoms with Gasteiger partial charge in [-0.1, -0.05) is 6.07 Å². The standard InChI is InChI=1S/C19H15N3O2/c1-12-11-14(3-4-15(12)16-5-9-21-22-13(16)2)24-19-17-7-10-23-18(17)6-8-20-19/h3-11H,1-2H3. The van der Waals surface area contributed by atoms with Crippen LogP contribution in [-0.4, -0.2) is 15.2 Å². The third-order valence-electron chi connectivity index (χ3n) is 3.95. The van der Waals surface area contributed by atoms with E-state index < -0.39 is 0 Å². The summed E-state index contributed by atoms with van der Waals surface area (Å²) in [5.41, 5.74) is 4.95. The van der Waals surface area contributed by atoms with Crippen LogP contribution < -0.4 is 4.74 Å². The van der Waals surface area contributed by atoms with Gasteiger partial charge in [0.25, 0.3) is 0 Å². The molecule has 0 saturated heterocycles. The molecule has 0 aliphatic heterocycles. The molecule has 0 aliphatic carbocycles. The second-order valence-corrected chi connectivity index (χ2v) is 5.56. The van der Waals surface area contributed by atoms with Crippen LogP contribution in [0.25, 0.3) is 22.1 Å². The predicted octanol–water partition coefficient (Wildman–Crippen LogP) is 4.69. The number of aromatic nitrogens is 3. The Labute approximate surface area is 138 Å². The summed E-state index contributed by atoms with van der Waals surface area (Å²) in [6.45, 7) is 4.00. The number of hydrogen-bond donors (Lipinski definition) is 0. The minimum Gasteiger partial charge on any atom is -0.464 e. The van der Waals surface area contributed by atoms with Crippen LogP contribution in [0.5, 0.6) is 11.6 Å². The molecule has 0 atom stereocenters. The summed E-state index contributed by atoms with van der Waals surface area (Å²) in [6.07, 6.45) is 5.01. The number of benzene rings is 1. The van der Waals surface area contributed by atoms with Gasteiger partial charge in [0.05, 0.1) is 23.5 Å². The Hall–Kier alpha value is -3.21. The van der Waals surface area contributed by atoms with E-state index in [0.717, 1.165) is 39.1 Å². The fourth-order valence-corrected chi connectivity index (χ4v) is 2.75. The Morgan fingerprint density at radius 3 is 2.71 bits per heavy atom. The fraction of sp³-hybridized carbons (Fsp3) is 0.105. The molecule has 5 heteroatoms. The Morgan fingerprint density at radius 2 is 1.88 bits per heavy atom. The van der Waals surface area contributed by atoms with Gasteiger partial charge in [0.2, 0.25) is 5.88 Å². The lowest BCUT2D eigenvalue weighted by atomic mass is 10.00. The molecule has 3 aromatic heterocycles. The number of ether oxygens (including phenoxy) is 1. The summed E-state index contributed by atoms with van der Waals surface area (Å²) in [5.74, 6) is 1.27. The van der Waals surface area contributed by atoms with E-state index in [1.807, 2.05) is 50.2 Å². The van der Waals surface area contributed by atoms with Crippen LogP contribution in [0.1, 0.15) is 11.3 Å². The van der Waals surface area contributed by atoms with Crippen molar-refractivity contribution in [2.75, 3.05) is 0 Å². The number of hydrogen-bond acceptors (Lipinski definition) is 5. The fourth-order valence-electron chi connectivity index (χ4n) is 2.75. The molecule has 0 bridgehead atoms. The van der Waals surface area contributed by atoms with E-state index in [9.17, 15) is 0 Å². The quantitative estimate of drug-likeness (QED) is 0.548. The summed E-state index contributed by atoms with van der Waals surface area (Å²) < 4.78 is 11.3. The first-order valence-corrected chi connectivity index (χ1v) is 7.62. The molecule has 1 aromatic carbocycles. The van der Waals surface area contributed by atoms with E-state index in [2.05, 4.69) is 15.2 Å². The van der Waals surface area contributed by atoms with Crippen molar-refractivity contribution in [3.8, 4) is 22.8 Å². The highest BCUT2D eigenvalue weighted by molar-refractivity contribution is 5.82. The molecule has 0 fully saturated rings. The highest BCUT2D eigenvalue weighted by atomic mass is 16.5. The van der Waals surface area contributed by atoms with Crippen LogP contribution in [0, 0.1) is 13.8 Å². The molecule has 0 unspecified atom stereocenters. The van der Waals surface area contributed by atoms with Gasteiger partial charge in [-0.2, -0.15) is 10.2 Å². The second-order valence-electron chi connectivity index (χ2n) is 5.56. The molecule has 0 aliphatic rings. The Bertz CT molecular complexity index is 1020. The van der Waals surface area contributed by atoms with Gasteiger partial charge in [0, 0.05) is 11.8 Å². The molecular weight excluding hydrogens is 302 g/mol. The third kappa shape index (κ3) is 2.50. The molecule has 0 saturated carbocycles. The highest BCUT2D eigenvalue weighted by Gasteiger charge is 2.10. The molecule has 0 N–H and O–H groups in total. The first kappa shape index (κ1) is 14.4. The maximum absolute atomic E-state index is 5.95. The average Bonchev–Trinajstić information content (AvgIpc) is 3.06. The first-order valence-electron chi connectivity index (χ1n) is 7.62. The Kier molecular flexibility index (Phi) is 3.46. The minimum atomic E-state index is 0.537. The van der Waals surface area contributed by atoms with Crippen molar-refractivity contribution >= 4 is 11.0 Å². The summed E-state index contributed by atoms with van der Waals surface area (Å²) >= 11 is 0. The molecule has 0 spiro atoms. The molecule has 4 rings (SSSR count). The van der Waals surface area contributed by atoms with Crippen LogP contribution in [0.15, 0.2) is 59.5 Å². The van der Waals surface area contributed by atoms with Gasteiger partial charge in [-0.3, -0.25) is 0 Å². The average molecular weight is 317 g/mol. The van der Waals surface area contributed by atoms with Crippen molar-refractivity contribution in [1.82, 2.24) is 15.2 Å². The minimum absolute atomic E-state index is 0.537. The molecule has 118 valence electrons. The lowest BCUT2D eigenvalue weighted by Gasteiger charge is -2.11. The van der Waals surface area contributed by atoms with Crippen molar-refractivity contribution < 1.29 is 9.15 Å². The molecule has 5 nitrogen and oxygen atoms in total. The molecule has 0 amide bonds. The van der Waals surface area contributed by atoms with E-state index in [4.69, 9.17) is 9.15 Å². The zero-order valence-corrected chi connectivity index (χ0v) is 13.4. The maximum atomic E-state index is 5.95. The lowest BCUT2D eigenvalue weighted by Crippen LogP contribution is -1.93. The van der Waals surface area contributed by atoms with Crippen molar-refractivity contribution in [1.29, 1.82) is 0 Å². The molecule has 4 aromatic rings. The van der Waals surface area contributed by atoms with Gasteiger partial charge in [0.1, 0.15) is 11.3 Å². The second kappa shape index (κ2) is 5.77. The normalized spacial score (nSPS) is 10.9. The zero-order chi connectivity index (χ0) is 16.5. The van der Waals surface area contributed by atoms with Crippen LogP contribution in [-0.2, 0) is 0 Å². The zero-order valence-electron chi connectivity index (χ0n) is 13.4. The Morgan fingerprint density at radius 1 is 0.958 bits per heavy atom. The van der Waals surface area contributed by atoms with Gasteiger partial charge in [0.15, 0.2) is 0 Å². The molecule has 0 radical (unpaired) electrons. The van der Waals surface area contributed by atoms with E-state index in [1.54, 1.807) is 18.7 Å².